The number of H-pyrrole nitrogens is 1. The highest BCUT2D eigenvalue weighted by atomic mass is 35.5. The first-order valence-electron chi connectivity index (χ1n) is 9.89. The van der Waals surface area contributed by atoms with Crippen LogP contribution in [0.15, 0.2) is 36.4 Å². The Morgan fingerprint density at radius 3 is 2.87 bits per heavy atom. The number of halogens is 1. The molecule has 9 heteroatoms. The van der Waals surface area contributed by atoms with Crippen LogP contribution in [-0.4, -0.2) is 48.3 Å². The summed E-state index contributed by atoms with van der Waals surface area (Å²) in [4.78, 5) is 34.3. The standard InChI is InChI=1S/C22H23ClN4O4/c1-12-8-14(4-7-19(12)27-13(2)10-31-22(27)29)21(28)26-18(11-30-3)20-24-16-6-5-15(23)9-17(16)25-20/h4-9,13,18H,10-11H2,1-3H3,(H,24,25)(H,26,28)/t13-,18+/m1/s1. The van der Waals surface area contributed by atoms with Gasteiger partial charge in [-0.05, 0) is 55.8 Å². The minimum atomic E-state index is -0.475. The highest BCUT2D eigenvalue weighted by Gasteiger charge is 2.32. The van der Waals surface area contributed by atoms with Crippen molar-refractivity contribution in [3.63, 3.8) is 0 Å². The Balaban J connectivity index is 1.56. The number of aromatic nitrogens is 2. The van der Waals surface area contributed by atoms with Gasteiger partial charge in [0.25, 0.3) is 5.91 Å². The Kier molecular flexibility index (Phi) is 5.84. The van der Waals surface area contributed by atoms with Crippen molar-refractivity contribution in [3.8, 4) is 0 Å². The largest absolute Gasteiger partial charge is 0.447 e. The third kappa shape index (κ3) is 4.22. The van der Waals surface area contributed by atoms with Crippen molar-refractivity contribution in [1.82, 2.24) is 15.3 Å². The molecule has 2 aromatic carbocycles. The quantitative estimate of drug-likeness (QED) is 0.601. The molecule has 2 heterocycles. The topological polar surface area (TPSA) is 96.6 Å². The molecule has 3 aromatic rings. The van der Waals surface area contributed by atoms with E-state index in [-0.39, 0.29) is 24.6 Å². The third-order valence-electron chi connectivity index (χ3n) is 5.24. The number of amides is 2. The molecule has 4 rings (SSSR count). The molecule has 0 aliphatic carbocycles. The molecule has 2 N–H and O–H groups in total. The summed E-state index contributed by atoms with van der Waals surface area (Å²) in [6.07, 6.45) is -0.377. The highest BCUT2D eigenvalue weighted by Crippen LogP contribution is 2.28. The Hall–Kier alpha value is -3.10. The van der Waals surface area contributed by atoms with Gasteiger partial charge in [0.15, 0.2) is 0 Å². The number of nitrogens with one attached hydrogen (secondary N) is 2. The highest BCUT2D eigenvalue weighted by molar-refractivity contribution is 6.31. The molecule has 1 aliphatic rings. The third-order valence-corrected chi connectivity index (χ3v) is 5.47. The van der Waals surface area contributed by atoms with Crippen molar-refractivity contribution in [1.29, 1.82) is 0 Å². The fourth-order valence-corrected chi connectivity index (χ4v) is 3.85. The molecule has 8 nitrogen and oxygen atoms in total. The number of aryl methyl sites for hydroxylation is 1. The van der Waals surface area contributed by atoms with Crippen LogP contribution in [0.25, 0.3) is 11.0 Å². The van der Waals surface area contributed by atoms with Gasteiger partial charge in [-0.3, -0.25) is 9.69 Å². The van der Waals surface area contributed by atoms with E-state index >= 15 is 0 Å². The van der Waals surface area contributed by atoms with Gasteiger partial charge in [0.05, 0.1) is 29.4 Å². The van der Waals surface area contributed by atoms with Gasteiger partial charge in [-0.1, -0.05) is 11.6 Å². The lowest BCUT2D eigenvalue weighted by Gasteiger charge is -2.21. The number of cyclic esters (lactones) is 1. The van der Waals surface area contributed by atoms with Crippen molar-refractivity contribution >= 4 is 40.3 Å². The summed E-state index contributed by atoms with van der Waals surface area (Å²) in [6, 6.07) is 10.1. The Labute approximate surface area is 184 Å². The molecule has 2 atom stereocenters. The van der Waals surface area contributed by atoms with Gasteiger partial charge >= 0.3 is 6.09 Å². The van der Waals surface area contributed by atoms with E-state index in [1.165, 1.54) is 0 Å². The first kappa shape index (κ1) is 21.1. The first-order chi connectivity index (χ1) is 14.9. The van der Waals surface area contributed by atoms with Crippen molar-refractivity contribution in [2.45, 2.75) is 25.9 Å². The number of methoxy groups -OCH3 is 1. The molecule has 1 fully saturated rings. The van der Waals surface area contributed by atoms with Gasteiger partial charge < -0.3 is 19.8 Å². The summed E-state index contributed by atoms with van der Waals surface area (Å²) in [5.74, 6) is 0.307. The van der Waals surface area contributed by atoms with E-state index in [0.29, 0.717) is 28.5 Å². The van der Waals surface area contributed by atoms with E-state index in [4.69, 9.17) is 21.1 Å². The minimum absolute atomic E-state index is 0.0569. The van der Waals surface area contributed by atoms with Gasteiger partial charge in [-0.25, -0.2) is 9.78 Å². The van der Waals surface area contributed by atoms with Crippen LogP contribution in [0.1, 0.15) is 34.7 Å². The summed E-state index contributed by atoms with van der Waals surface area (Å²) >= 11 is 6.05. The maximum absolute atomic E-state index is 13.0. The summed E-state index contributed by atoms with van der Waals surface area (Å²) in [6.45, 7) is 4.37. The van der Waals surface area contributed by atoms with Crippen LogP contribution >= 0.6 is 11.6 Å². The molecule has 162 valence electrons. The summed E-state index contributed by atoms with van der Waals surface area (Å²) in [7, 11) is 1.56. The van der Waals surface area contributed by atoms with Crippen molar-refractivity contribution < 1.29 is 19.1 Å². The number of nitrogens with zero attached hydrogens (tertiary/aromatic N) is 2. The zero-order valence-corrected chi connectivity index (χ0v) is 18.2. The fraction of sp³-hybridized carbons (Fsp3) is 0.318. The number of ether oxygens (including phenoxy) is 2. The van der Waals surface area contributed by atoms with Crippen LogP contribution < -0.4 is 10.2 Å². The molecule has 2 amide bonds. The molecular weight excluding hydrogens is 420 g/mol. The zero-order chi connectivity index (χ0) is 22.1. The predicted molar refractivity (Wildman–Crippen MR) is 118 cm³/mol. The number of aromatic amines is 1. The number of benzene rings is 2. The molecule has 0 bridgehead atoms. The van der Waals surface area contributed by atoms with Crippen molar-refractivity contribution in [2.75, 3.05) is 25.2 Å². The van der Waals surface area contributed by atoms with E-state index in [0.717, 1.165) is 16.8 Å². The maximum atomic E-state index is 13.0. The number of carbonyl (C=O) groups excluding carboxylic acids is 2. The second-order valence-corrected chi connectivity index (χ2v) is 8.00. The van der Waals surface area contributed by atoms with Gasteiger partial charge in [0.1, 0.15) is 18.5 Å². The van der Waals surface area contributed by atoms with Crippen LogP contribution in [0.5, 0.6) is 0 Å². The number of hydrogen-bond acceptors (Lipinski definition) is 5. The number of anilines is 1. The number of hydrogen-bond donors (Lipinski definition) is 2. The van der Waals surface area contributed by atoms with E-state index in [9.17, 15) is 9.59 Å². The molecule has 0 unspecified atom stereocenters. The SMILES string of the molecule is COC[C@H](NC(=O)c1ccc(N2C(=O)OC[C@H]2C)c(C)c1)c1nc2cc(Cl)ccc2[nH]1. The average molecular weight is 443 g/mol. The zero-order valence-electron chi connectivity index (χ0n) is 17.4. The Bertz CT molecular complexity index is 1150. The lowest BCUT2D eigenvalue weighted by atomic mass is 10.1. The molecule has 1 aromatic heterocycles. The number of imidazole rings is 1. The van der Waals surface area contributed by atoms with Crippen LogP contribution in [0, 0.1) is 6.92 Å². The summed E-state index contributed by atoms with van der Waals surface area (Å²) < 4.78 is 10.4. The predicted octanol–water partition coefficient (Wildman–Crippen LogP) is 3.99. The lowest BCUT2D eigenvalue weighted by Crippen LogP contribution is -2.33. The molecular formula is C22H23ClN4O4. The van der Waals surface area contributed by atoms with Crippen molar-refractivity contribution in [3.05, 3.63) is 58.4 Å². The fourth-order valence-electron chi connectivity index (χ4n) is 3.68. The number of rotatable bonds is 6. The summed E-state index contributed by atoms with van der Waals surface area (Å²) in [5.41, 5.74) is 3.54. The van der Waals surface area contributed by atoms with E-state index in [2.05, 4.69) is 15.3 Å². The molecule has 1 aliphatic heterocycles. The number of fused-ring (bicyclic) bond motifs is 1. The molecule has 0 radical (unpaired) electrons. The smallest absolute Gasteiger partial charge is 0.414 e. The van der Waals surface area contributed by atoms with E-state index in [1.54, 1.807) is 42.3 Å². The van der Waals surface area contributed by atoms with Crippen LogP contribution in [0.3, 0.4) is 0 Å². The normalized spacial score (nSPS) is 17.1. The lowest BCUT2D eigenvalue weighted by molar-refractivity contribution is 0.0892. The second kappa shape index (κ2) is 8.56. The van der Waals surface area contributed by atoms with Crippen LogP contribution in [-0.2, 0) is 9.47 Å². The molecule has 31 heavy (non-hydrogen) atoms. The Morgan fingerprint density at radius 2 is 2.19 bits per heavy atom. The van der Waals surface area contributed by atoms with Crippen LogP contribution in [0.2, 0.25) is 5.02 Å². The van der Waals surface area contributed by atoms with Gasteiger partial charge in [-0.15, -0.1) is 0 Å². The van der Waals surface area contributed by atoms with E-state index < -0.39 is 6.04 Å². The van der Waals surface area contributed by atoms with Crippen LogP contribution in [0.4, 0.5) is 10.5 Å². The van der Waals surface area contributed by atoms with Crippen molar-refractivity contribution in [2.24, 2.45) is 0 Å². The molecule has 0 saturated carbocycles. The monoisotopic (exact) mass is 442 g/mol. The summed E-state index contributed by atoms with van der Waals surface area (Å²) in [5, 5.41) is 3.55. The molecule has 0 spiro atoms. The van der Waals surface area contributed by atoms with Gasteiger partial charge in [0, 0.05) is 17.7 Å². The Morgan fingerprint density at radius 1 is 1.39 bits per heavy atom. The number of carbonyl (C=O) groups is 2. The van der Waals surface area contributed by atoms with E-state index in [1.807, 2.05) is 19.9 Å². The second-order valence-electron chi connectivity index (χ2n) is 7.56. The van der Waals surface area contributed by atoms with Gasteiger partial charge in [0.2, 0.25) is 0 Å². The average Bonchev–Trinajstić information content (AvgIpc) is 3.30. The van der Waals surface area contributed by atoms with Gasteiger partial charge in [-0.2, -0.15) is 0 Å². The first-order valence-corrected chi connectivity index (χ1v) is 10.3. The maximum Gasteiger partial charge on any atom is 0.414 e. The minimum Gasteiger partial charge on any atom is -0.447 e. The molecule has 1 saturated heterocycles.